The number of esters is 1. The van der Waals surface area contributed by atoms with Crippen molar-refractivity contribution in [1.82, 2.24) is 0 Å². The summed E-state index contributed by atoms with van der Waals surface area (Å²) in [6.07, 6.45) is 8.73. The van der Waals surface area contributed by atoms with E-state index in [0.29, 0.717) is 13.0 Å². The SMILES string of the molecule is CCCCC/C=C\CCCCCCCC(=O)OC(COCCCCCCCCCC)COC1OC(COC2OC(CO)C(O)C(O)C2O)C(O)C(O)C1O. The Kier molecular flexibility index (Phi) is 27.1. The quantitative estimate of drug-likeness (QED) is 0.0305. The van der Waals surface area contributed by atoms with Crippen LogP contribution in [0.25, 0.3) is 0 Å². The first kappa shape index (κ1) is 48.9. The molecule has 0 radical (unpaired) electrons. The van der Waals surface area contributed by atoms with Gasteiger partial charge in [0.2, 0.25) is 0 Å². The number of aliphatic hydroxyl groups is 7. The van der Waals surface area contributed by atoms with Crippen molar-refractivity contribution in [1.29, 1.82) is 0 Å². The van der Waals surface area contributed by atoms with Gasteiger partial charge in [0.05, 0.1) is 26.4 Å². The highest BCUT2D eigenvalue weighted by molar-refractivity contribution is 5.69. The number of carbonyl (C=O) groups excluding carboxylic acids is 1. The van der Waals surface area contributed by atoms with Crippen LogP contribution in [0.15, 0.2) is 12.2 Å². The average Bonchev–Trinajstić information content (AvgIpc) is 3.16. The van der Waals surface area contributed by atoms with Crippen LogP contribution in [0.1, 0.15) is 136 Å². The first-order valence-corrected chi connectivity index (χ1v) is 20.8. The van der Waals surface area contributed by atoms with Crippen LogP contribution >= 0.6 is 0 Å². The highest BCUT2D eigenvalue weighted by atomic mass is 16.7. The molecule has 318 valence electrons. The topological polar surface area (TPSA) is 214 Å². The van der Waals surface area contributed by atoms with E-state index in [1.165, 1.54) is 51.4 Å². The molecule has 2 fully saturated rings. The van der Waals surface area contributed by atoms with Gasteiger partial charge in [-0.3, -0.25) is 4.79 Å². The van der Waals surface area contributed by atoms with E-state index < -0.39 is 80.7 Å². The highest BCUT2D eigenvalue weighted by Crippen LogP contribution is 2.26. The second-order valence-electron chi connectivity index (χ2n) is 14.8. The minimum atomic E-state index is -1.70. The van der Waals surface area contributed by atoms with Gasteiger partial charge in [-0.15, -0.1) is 0 Å². The van der Waals surface area contributed by atoms with Gasteiger partial charge in [0.25, 0.3) is 0 Å². The Morgan fingerprint density at radius 3 is 1.72 bits per heavy atom. The third-order valence-electron chi connectivity index (χ3n) is 10.0. The molecule has 11 atom stereocenters. The zero-order valence-electron chi connectivity index (χ0n) is 33.0. The van der Waals surface area contributed by atoms with E-state index in [1.807, 2.05) is 0 Å². The number of allylic oxidation sites excluding steroid dienone is 2. The maximum atomic E-state index is 12.8. The molecular weight excluding hydrogens is 704 g/mol. The summed E-state index contributed by atoms with van der Waals surface area (Å²) in [7, 11) is 0. The van der Waals surface area contributed by atoms with Crippen LogP contribution in [0, 0.1) is 0 Å². The molecule has 2 heterocycles. The van der Waals surface area contributed by atoms with E-state index >= 15 is 0 Å². The monoisotopic (exact) mass is 779 g/mol. The number of hydrogen-bond acceptors (Lipinski definition) is 14. The molecule has 2 aliphatic rings. The van der Waals surface area contributed by atoms with Crippen LogP contribution < -0.4 is 0 Å². The van der Waals surface area contributed by atoms with Gasteiger partial charge in [0.15, 0.2) is 12.6 Å². The number of aliphatic hydroxyl groups excluding tert-OH is 7. The van der Waals surface area contributed by atoms with E-state index in [4.69, 9.17) is 28.4 Å². The van der Waals surface area contributed by atoms with Crippen LogP contribution in [-0.4, -0.2) is 142 Å². The minimum absolute atomic E-state index is 0.0614. The molecule has 14 heteroatoms. The lowest BCUT2D eigenvalue weighted by Gasteiger charge is -2.42. The molecule has 0 aromatic carbocycles. The number of hydrogen-bond donors (Lipinski definition) is 7. The maximum absolute atomic E-state index is 12.8. The van der Waals surface area contributed by atoms with E-state index in [9.17, 15) is 40.5 Å². The molecule has 0 spiro atoms. The van der Waals surface area contributed by atoms with Gasteiger partial charge in [0, 0.05) is 13.0 Å². The van der Waals surface area contributed by atoms with Crippen molar-refractivity contribution in [3.05, 3.63) is 12.2 Å². The van der Waals surface area contributed by atoms with Crippen molar-refractivity contribution in [2.24, 2.45) is 0 Å². The van der Waals surface area contributed by atoms with Gasteiger partial charge in [-0.05, 0) is 38.5 Å². The van der Waals surface area contributed by atoms with Gasteiger partial charge in [-0.1, -0.05) is 103 Å². The normalized spacial score (nSPS) is 29.5. The van der Waals surface area contributed by atoms with Gasteiger partial charge in [-0.25, -0.2) is 0 Å². The molecule has 54 heavy (non-hydrogen) atoms. The summed E-state index contributed by atoms with van der Waals surface area (Å²) in [4.78, 5) is 12.8. The van der Waals surface area contributed by atoms with E-state index in [1.54, 1.807) is 0 Å². The lowest BCUT2D eigenvalue weighted by atomic mass is 9.98. The Morgan fingerprint density at radius 1 is 0.593 bits per heavy atom. The second-order valence-corrected chi connectivity index (χ2v) is 14.8. The lowest BCUT2D eigenvalue weighted by Crippen LogP contribution is -2.61. The second kappa shape index (κ2) is 29.9. The third kappa shape index (κ3) is 19.3. The van der Waals surface area contributed by atoms with Gasteiger partial charge >= 0.3 is 5.97 Å². The Bertz CT molecular complexity index is 954. The van der Waals surface area contributed by atoms with Crippen LogP contribution in [0.2, 0.25) is 0 Å². The van der Waals surface area contributed by atoms with Crippen molar-refractivity contribution in [2.75, 3.05) is 33.0 Å². The first-order valence-electron chi connectivity index (χ1n) is 20.8. The van der Waals surface area contributed by atoms with E-state index in [-0.39, 0.29) is 25.6 Å². The largest absolute Gasteiger partial charge is 0.457 e. The predicted molar refractivity (Wildman–Crippen MR) is 201 cm³/mol. The van der Waals surface area contributed by atoms with Crippen molar-refractivity contribution < 1.29 is 69.0 Å². The van der Waals surface area contributed by atoms with Crippen LogP contribution in [0.3, 0.4) is 0 Å². The Labute approximate surface area is 323 Å². The minimum Gasteiger partial charge on any atom is -0.457 e. The Hall–Kier alpha value is -1.27. The number of unbranched alkanes of at least 4 members (excludes halogenated alkanes) is 15. The fourth-order valence-corrected chi connectivity index (χ4v) is 6.51. The first-order chi connectivity index (χ1) is 26.1. The summed E-state index contributed by atoms with van der Waals surface area (Å²) in [6, 6.07) is 0. The van der Waals surface area contributed by atoms with Crippen molar-refractivity contribution in [3.63, 3.8) is 0 Å². The number of rotatable bonds is 31. The van der Waals surface area contributed by atoms with Crippen LogP contribution in [0.4, 0.5) is 0 Å². The van der Waals surface area contributed by atoms with Crippen molar-refractivity contribution >= 4 is 5.97 Å². The van der Waals surface area contributed by atoms with Gasteiger partial charge in [-0.2, -0.15) is 0 Å². The smallest absolute Gasteiger partial charge is 0.306 e. The molecule has 7 N–H and O–H groups in total. The molecule has 0 saturated carbocycles. The Balaban J connectivity index is 1.85. The molecule has 0 aromatic rings. The fraction of sp³-hybridized carbons (Fsp3) is 0.925. The summed E-state index contributed by atoms with van der Waals surface area (Å²) in [5, 5.41) is 71.6. The van der Waals surface area contributed by atoms with Gasteiger partial charge < -0.3 is 64.2 Å². The van der Waals surface area contributed by atoms with Gasteiger partial charge in [0.1, 0.15) is 54.9 Å². The molecule has 2 saturated heterocycles. The van der Waals surface area contributed by atoms with Crippen molar-refractivity contribution in [2.45, 2.75) is 203 Å². The summed E-state index contributed by atoms with van der Waals surface area (Å²) >= 11 is 0. The van der Waals surface area contributed by atoms with Crippen molar-refractivity contribution in [3.8, 4) is 0 Å². The third-order valence-corrected chi connectivity index (χ3v) is 10.0. The summed E-state index contributed by atoms with van der Waals surface area (Å²) in [6.45, 7) is 3.60. The molecule has 11 unspecified atom stereocenters. The summed E-state index contributed by atoms with van der Waals surface area (Å²) < 4.78 is 34.0. The molecule has 0 bridgehead atoms. The number of carbonyl (C=O) groups is 1. The molecule has 2 aliphatic heterocycles. The Morgan fingerprint density at radius 2 is 1.09 bits per heavy atom. The molecule has 2 rings (SSSR count). The molecule has 0 amide bonds. The number of ether oxygens (including phenoxy) is 6. The standard InChI is InChI=1S/C40H74O14/c1-3-5-7-9-11-13-14-15-16-17-19-21-23-32(42)52-29(26-49-24-22-20-18-12-10-8-6-4-2)27-50-39-38(48)36(46)34(44)31(54-39)28-51-40-37(47)35(45)33(43)30(25-41)53-40/h11,13,29-31,33-41,43-48H,3-10,12,14-28H2,1-2H3/b13-11-. The van der Waals surface area contributed by atoms with Crippen LogP contribution in [0.5, 0.6) is 0 Å². The predicted octanol–water partition coefficient (Wildman–Crippen LogP) is 3.56. The lowest BCUT2D eigenvalue weighted by molar-refractivity contribution is -0.332. The summed E-state index contributed by atoms with van der Waals surface area (Å²) in [5.41, 5.74) is 0. The maximum Gasteiger partial charge on any atom is 0.306 e. The average molecular weight is 779 g/mol. The summed E-state index contributed by atoms with van der Waals surface area (Å²) in [5.74, 6) is -0.388. The molecule has 14 nitrogen and oxygen atoms in total. The van der Waals surface area contributed by atoms with E-state index in [2.05, 4.69) is 26.0 Å². The molecule has 0 aliphatic carbocycles. The molecule has 0 aromatic heterocycles. The highest BCUT2D eigenvalue weighted by Gasteiger charge is 2.47. The fourth-order valence-electron chi connectivity index (χ4n) is 6.51. The molecular formula is C40H74O14. The zero-order valence-corrected chi connectivity index (χ0v) is 33.0. The van der Waals surface area contributed by atoms with E-state index in [0.717, 1.165) is 57.8 Å². The zero-order chi connectivity index (χ0) is 39.6. The van der Waals surface area contributed by atoms with Crippen LogP contribution in [-0.2, 0) is 33.2 Å².